The quantitative estimate of drug-likeness (QED) is 0.258. The fourth-order valence-corrected chi connectivity index (χ4v) is 3.37. The summed E-state index contributed by atoms with van der Waals surface area (Å²) in [5.41, 5.74) is 1.27. The summed E-state index contributed by atoms with van der Waals surface area (Å²) >= 11 is 0. The number of rotatable bonds is 17. The van der Waals surface area contributed by atoms with Crippen molar-refractivity contribution in [3.63, 3.8) is 0 Å². The molecule has 0 aromatic heterocycles. The normalized spacial score (nSPS) is 11.0. The summed E-state index contributed by atoms with van der Waals surface area (Å²) in [5.74, 6) is 1.02. The lowest BCUT2D eigenvalue weighted by molar-refractivity contribution is 0.304. The third kappa shape index (κ3) is 13.9. The van der Waals surface area contributed by atoms with Crippen molar-refractivity contribution in [3.8, 4) is 5.75 Å². The largest absolute Gasteiger partial charge is 0.494 e. The Morgan fingerprint density at radius 3 is 1.60 bits per heavy atom. The number of hydrogen-bond donors (Lipinski definition) is 0. The molecular weight excluding hydrogens is 304 g/mol. The van der Waals surface area contributed by atoms with E-state index in [4.69, 9.17) is 4.74 Å². The smallest absolute Gasteiger partial charge is 0.119 e. The first-order chi connectivity index (χ1) is 12.3. The van der Waals surface area contributed by atoms with E-state index in [0.717, 1.165) is 12.4 Å². The molecule has 25 heavy (non-hydrogen) atoms. The molecular formula is C24H42O. The average Bonchev–Trinajstić information content (AvgIpc) is 2.61. The monoisotopic (exact) mass is 346 g/mol. The van der Waals surface area contributed by atoms with Crippen LogP contribution < -0.4 is 4.74 Å². The first-order valence-corrected chi connectivity index (χ1v) is 11.0. The lowest BCUT2D eigenvalue weighted by atomic mass is 10.0. The zero-order valence-electron chi connectivity index (χ0n) is 17.0. The highest BCUT2D eigenvalue weighted by molar-refractivity contribution is 5.27. The van der Waals surface area contributed by atoms with E-state index in [2.05, 4.69) is 38.1 Å². The predicted molar refractivity (Wildman–Crippen MR) is 112 cm³/mol. The van der Waals surface area contributed by atoms with Gasteiger partial charge in [0.05, 0.1) is 6.61 Å². The van der Waals surface area contributed by atoms with Crippen molar-refractivity contribution in [1.29, 1.82) is 0 Å². The molecule has 0 atom stereocenters. The summed E-state index contributed by atoms with van der Waals surface area (Å²) in [4.78, 5) is 0. The molecule has 0 aliphatic rings. The van der Waals surface area contributed by atoms with Gasteiger partial charge < -0.3 is 4.74 Å². The van der Waals surface area contributed by atoms with Crippen LogP contribution in [0.5, 0.6) is 5.75 Å². The van der Waals surface area contributed by atoms with Crippen molar-refractivity contribution in [2.24, 2.45) is 0 Å². The van der Waals surface area contributed by atoms with E-state index in [0.29, 0.717) is 0 Å². The number of aryl methyl sites for hydroxylation is 1. The van der Waals surface area contributed by atoms with Gasteiger partial charge in [0.1, 0.15) is 5.75 Å². The molecule has 0 N–H and O–H groups in total. The molecule has 0 saturated carbocycles. The molecule has 0 fully saturated rings. The minimum Gasteiger partial charge on any atom is -0.494 e. The van der Waals surface area contributed by atoms with Crippen molar-refractivity contribution in [2.75, 3.05) is 6.61 Å². The van der Waals surface area contributed by atoms with Gasteiger partial charge in [-0.25, -0.2) is 0 Å². The molecule has 0 radical (unpaired) electrons. The van der Waals surface area contributed by atoms with Gasteiger partial charge in [0.25, 0.3) is 0 Å². The fourth-order valence-electron chi connectivity index (χ4n) is 3.37. The highest BCUT2D eigenvalue weighted by atomic mass is 16.5. The highest BCUT2D eigenvalue weighted by Crippen LogP contribution is 2.15. The maximum absolute atomic E-state index is 5.80. The topological polar surface area (TPSA) is 9.23 Å². The lowest BCUT2D eigenvalue weighted by Crippen LogP contribution is -1.97. The molecule has 1 rings (SSSR count). The molecule has 1 nitrogen and oxygen atoms in total. The van der Waals surface area contributed by atoms with Gasteiger partial charge in [-0.2, -0.15) is 0 Å². The zero-order chi connectivity index (χ0) is 18.0. The molecule has 1 heteroatoms. The van der Waals surface area contributed by atoms with Gasteiger partial charge >= 0.3 is 0 Å². The second-order valence-electron chi connectivity index (χ2n) is 7.61. The van der Waals surface area contributed by atoms with E-state index in [-0.39, 0.29) is 0 Å². The van der Waals surface area contributed by atoms with E-state index in [1.807, 2.05) is 0 Å². The van der Waals surface area contributed by atoms with Crippen LogP contribution >= 0.6 is 0 Å². The van der Waals surface area contributed by atoms with E-state index >= 15 is 0 Å². The van der Waals surface area contributed by atoms with Crippen LogP contribution in [-0.4, -0.2) is 6.61 Å². The van der Waals surface area contributed by atoms with Crippen LogP contribution in [-0.2, 0) is 0 Å². The summed E-state index contributed by atoms with van der Waals surface area (Å²) in [6.07, 6.45) is 21.1. The second kappa shape index (κ2) is 16.5. The van der Waals surface area contributed by atoms with Crippen molar-refractivity contribution >= 4 is 0 Å². The van der Waals surface area contributed by atoms with Crippen LogP contribution in [0.25, 0.3) is 0 Å². The van der Waals surface area contributed by atoms with Gasteiger partial charge in [0.15, 0.2) is 0 Å². The van der Waals surface area contributed by atoms with Crippen LogP contribution in [0, 0.1) is 6.92 Å². The Morgan fingerprint density at radius 2 is 1.12 bits per heavy atom. The molecule has 0 bridgehead atoms. The Kier molecular flexibility index (Phi) is 14.5. The average molecular weight is 347 g/mol. The molecule has 0 unspecified atom stereocenters. The Labute approximate surface area is 157 Å². The zero-order valence-corrected chi connectivity index (χ0v) is 17.0. The van der Waals surface area contributed by atoms with E-state index in [1.54, 1.807) is 0 Å². The molecule has 0 heterocycles. The van der Waals surface area contributed by atoms with Crippen LogP contribution in [0.2, 0.25) is 0 Å². The SMILES string of the molecule is CCCCCCCCCCCCCCCCCOc1cccc(C)c1. The number of unbranched alkanes of at least 4 members (excludes halogenated alkanes) is 14. The molecule has 0 spiro atoms. The minimum atomic E-state index is 0.863. The van der Waals surface area contributed by atoms with Gasteiger partial charge in [-0.1, -0.05) is 109 Å². The Balaban J connectivity index is 1.75. The van der Waals surface area contributed by atoms with Gasteiger partial charge in [0.2, 0.25) is 0 Å². The van der Waals surface area contributed by atoms with E-state index in [1.165, 1.54) is 102 Å². The van der Waals surface area contributed by atoms with E-state index in [9.17, 15) is 0 Å². The fraction of sp³-hybridized carbons (Fsp3) is 0.750. The Morgan fingerprint density at radius 1 is 0.640 bits per heavy atom. The molecule has 0 aliphatic carbocycles. The molecule has 0 aliphatic heterocycles. The van der Waals surface area contributed by atoms with Crippen molar-refractivity contribution < 1.29 is 4.74 Å². The lowest BCUT2D eigenvalue weighted by Gasteiger charge is -2.07. The molecule has 0 saturated heterocycles. The van der Waals surface area contributed by atoms with Crippen LogP contribution in [0.3, 0.4) is 0 Å². The molecule has 0 amide bonds. The van der Waals surface area contributed by atoms with Crippen molar-refractivity contribution in [3.05, 3.63) is 29.8 Å². The third-order valence-electron chi connectivity index (χ3n) is 5.01. The summed E-state index contributed by atoms with van der Waals surface area (Å²) in [7, 11) is 0. The van der Waals surface area contributed by atoms with Gasteiger partial charge in [-0.3, -0.25) is 0 Å². The first-order valence-electron chi connectivity index (χ1n) is 11.0. The predicted octanol–water partition coefficient (Wildman–Crippen LogP) is 8.25. The number of ether oxygens (including phenoxy) is 1. The standard InChI is InChI=1S/C24H42O/c1-3-4-5-6-7-8-9-10-11-12-13-14-15-16-17-21-25-24-20-18-19-23(2)22-24/h18-20,22H,3-17,21H2,1-2H3. The number of hydrogen-bond acceptors (Lipinski definition) is 1. The third-order valence-corrected chi connectivity index (χ3v) is 5.01. The van der Waals surface area contributed by atoms with Crippen LogP contribution in [0.4, 0.5) is 0 Å². The summed E-state index contributed by atoms with van der Waals surface area (Å²) < 4.78 is 5.80. The van der Waals surface area contributed by atoms with Gasteiger partial charge in [-0.15, -0.1) is 0 Å². The molecule has 1 aromatic rings. The van der Waals surface area contributed by atoms with Crippen LogP contribution in [0.1, 0.15) is 109 Å². The maximum Gasteiger partial charge on any atom is 0.119 e. The maximum atomic E-state index is 5.80. The highest BCUT2D eigenvalue weighted by Gasteiger charge is 1.96. The summed E-state index contributed by atoms with van der Waals surface area (Å²) in [6, 6.07) is 8.35. The number of benzene rings is 1. The van der Waals surface area contributed by atoms with Crippen molar-refractivity contribution in [1.82, 2.24) is 0 Å². The van der Waals surface area contributed by atoms with Gasteiger partial charge in [0, 0.05) is 0 Å². The molecule has 144 valence electrons. The summed E-state index contributed by atoms with van der Waals surface area (Å²) in [5, 5.41) is 0. The van der Waals surface area contributed by atoms with Crippen LogP contribution in [0.15, 0.2) is 24.3 Å². The first kappa shape index (κ1) is 22.1. The van der Waals surface area contributed by atoms with E-state index < -0.39 is 0 Å². The van der Waals surface area contributed by atoms with Crippen molar-refractivity contribution in [2.45, 2.75) is 110 Å². The summed E-state index contributed by atoms with van der Waals surface area (Å²) in [6.45, 7) is 5.27. The Bertz CT molecular complexity index is 399. The Hall–Kier alpha value is -0.980. The van der Waals surface area contributed by atoms with Gasteiger partial charge in [-0.05, 0) is 31.0 Å². The minimum absolute atomic E-state index is 0.863. The second-order valence-corrected chi connectivity index (χ2v) is 7.61. The molecule has 1 aromatic carbocycles.